The van der Waals surface area contributed by atoms with Gasteiger partial charge < -0.3 is 10.6 Å². The van der Waals surface area contributed by atoms with E-state index in [-0.39, 0.29) is 11.2 Å². The number of anilines is 1. The molecule has 0 radical (unpaired) electrons. The first kappa shape index (κ1) is 12.3. The molecule has 0 unspecified atom stereocenters. The van der Waals surface area contributed by atoms with Gasteiger partial charge in [0, 0.05) is 25.7 Å². The second kappa shape index (κ2) is 4.61. The van der Waals surface area contributed by atoms with Crippen LogP contribution in [-0.2, 0) is 0 Å². The third-order valence-corrected chi connectivity index (χ3v) is 3.47. The van der Waals surface area contributed by atoms with E-state index in [4.69, 9.17) is 18.0 Å². The van der Waals surface area contributed by atoms with Crippen LogP contribution in [-0.4, -0.2) is 18.6 Å². The maximum Gasteiger partial charge on any atom is 0.125 e. The predicted molar refractivity (Wildman–Crippen MR) is 72.7 cm³/mol. The summed E-state index contributed by atoms with van der Waals surface area (Å²) in [6.45, 7) is 0.883. The molecule has 2 rings (SSSR count). The molecule has 1 fully saturated rings. The lowest BCUT2D eigenvalue weighted by Crippen LogP contribution is -2.29. The standard InChI is InChI=1S/C13H17FN2S/c1-16(11-4-2-3-10(14)7-11)9-13(5-6-13)8-12(15)17/h2-4,7H,5-6,8-9H2,1H3,(H2,15,17). The van der Waals surface area contributed by atoms with Crippen molar-refractivity contribution in [3.8, 4) is 0 Å². The van der Waals surface area contributed by atoms with Crippen LogP contribution in [0.1, 0.15) is 19.3 Å². The van der Waals surface area contributed by atoms with Gasteiger partial charge in [-0.1, -0.05) is 18.3 Å². The second-order valence-electron chi connectivity index (χ2n) is 4.98. The van der Waals surface area contributed by atoms with Gasteiger partial charge in [0.2, 0.25) is 0 Å². The Hall–Kier alpha value is -1.16. The van der Waals surface area contributed by atoms with Crippen LogP contribution >= 0.6 is 12.2 Å². The van der Waals surface area contributed by atoms with Crippen molar-refractivity contribution in [3.63, 3.8) is 0 Å². The zero-order valence-electron chi connectivity index (χ0n) is 9.95. The topological polar surface area (TPSA) is 29.3 Å². The molecule has 1 aliphatic rings. The smallest absolute Gasteiger partial charge is 0.125 e. The van der Waals surface area contributed by atoms with Crippen LogP contribution in [0, 0.1) is 11.2 Å². The van der Waals surface area contributed by atoms with E-state index in [2.05, 4.69) is 4.90 Å². The van der Waals surface area contributed by atoms with Gasteiger partial charge >= 0.3 is 0 Å². The highest BCUT2D eigenvalue weighted by atomic mass is 32.1. The van der Waals surface area contributed by atoms with Crippen molar-refractivity contribution in [2.45, 2.75) is 19.3 Å². The summed E-state index contributed by atoms with van der Waals surface area (Å²) in [5.74, 6) is -0.200. The van der Waals surface area contributed by atoms with Gasteiger partial charge in [0.25, 0.3) is 0 Å². The van der Waals surface area contributed by atoms with E-state index in [1.54, 1.807) is 12.1 Å². The van der Waals surface area contributed by atoms with E-state index in [9.17, 15) is 4.39 Å². The zero-order chi connectivity index (χ0) is 12.5. The Labute approximate surface area is 107 Å². The van der Waals surface area contributed by atoms with Crippen molar-refractivity contribution in [2.75, 3.05) is 18.5 Å². The van der Waals surface area contributed by atoms with Gasteiger partial charge in [-0.05, 0) is 36.5 Å². The van der Waals surface area contributed by atoms with Crippen LogP contribution in [0.25, 0.3) is 0 Å². The molecular weight excluding hydrogens is 235 g/mol. The molecule has 0 spiro atoms. The van der Waals surface area contributed by atoms with E-state index >= 15 is 0 Å². The fraction of sp³-hybridized carbons (Fsp3) is 0.462. The summed E-state index contributed by atoms with van der Waals surface area (Å²) in [6.07, 6.45) is 3.11. The zero-order valence-corrected chi connectivity index (χ0v) is 10.8. The monoisotopic (exact) mass is 252 g/mol. The highest BCUT2D eigenvalue weighted by Gasteiger charge is 2.43. The maximum absolute atomic E-state index is 13.1. The van der Waals surface area contributed by atoms with E-state index in [0.717, 1.165) is 31.5 Å². The normalized spacial score (nSPS) is 16.6. The molecule has 17 heavy (non-hydrogen) atoms. The molecule has 92 valence electrons. The van der Waals surface area contributed by atoms with E-state index in [1.807, 2.05) is 13.1 Å². The first-order valence-corrected chi connectivity index (χ1v) is 6.17. The summed E-state index contributed by atoms with van der Waals surface area (Å²) in [6, 6.07) is 6.66. The van der Waals surface area contributed by atoms with Crippen LogP contribution in [0.15, 0.2) is 24.3 Å². The molecule has 4 heteroatoms. The Morgan fingerprint density at radius 3 is 2.76 bits per heavy atom. The number of rotatable bonds is 5. The molecule has 1 saturated carbocycles. The van der Waals surface area contributed by atoms with Gasteiger partial charge in [0.05, 0.1) is 4.99 Å². The van der Waals surface area contributed by atoms with Gasteiger partial charge in [-0.3, -0.25) is 0 Å². The molecule has 2 nitrogen and oxygen atoms in total. The molecule has 0 aliphatic heterocycles. The lowest BCUT2D eigenvalue weighted by molar-refractivity contribution is 0.532. The largest absolute Gasteiger partial charge is 0.393 e. The number of hydrogen-bond acceptors (Lipinski definition) is 2. The third-order valence-electron chi connectivity index (χ3n) is 3.33. The summed E-state index contributed by atoms with van der Waals surface area (Å²) in [5, 5.41) is 0. The number of halogens is 1. The van der Waals surface area contributed by atoms with Crippen LogP contribution in [0.2, 0.25) is 0 Å². The highest BCUT2D eigenvalue weighted by Crippen LogP contribution is 2.49. The Morgan fingerprint density at radius 1 is 1.53 bits per heavy atom. The van der Waals surface area contributed by atoms with Crippen LogP contribution in [0.5, 0.6) is 0 Å². The van der Waals surface area contributed by atoms with Crippen LogP contribution < -0.4 is 10.6 Å². The van der Waals surface area contributed by atoms with Crippen molar-refractivity contribution < 1.29 is 4.39 Å². The van der Waals surface area contributed by atoms with E-state index < -0.39 is 0 Å². The van der Waals surface area contributed by atoms with Gasteiger partial charge in [-0.15, -0.1) is 0 Å². The number of nitrogens with two attached hydrogens (primary N) is 1. The Kier molecular flexibility index (Phi) is 3.33. The Morgan fingerprint density at radius 2 is 2.24 bits per heavy atom. The fourth-order valence-electron chi connectivity index (χ4n) is 2.25. The molecule has 1 aliphatic carbocycles. The van der Waals surface area contributed by atoms with Crippen molar-refractivity contribution in [3.05, 3.63) is 30.1 Å². The minimum atomic E-state index is -0.200. The molecule has 1 aromatic carbocycles. The maximum atomic E-state index is 13.1. The number of nitrogens with zero attached hydrogens (tertiary/aromatic N) is 1. The predicted octanol–water partition coefficient (Wildman–Crippen LogP) is 2.72. The third kappa shape index (κ3) is 3.16. The fourth-order valence-corrected chi connectivity index (χ4v) is 2.55. The number of benzene rings is 1. The number of hydrogen-bond donors (Lipinski definition) is 1. The quantitative estimate of drug-likeness (QED) is 0.817. The summed E-state index contributed by atoms with van der Waals surface area (Å²) < 4.78 is 13.1. The average Bonchev–Trinajstić information content (AvgIpc) is 2.96. The molecule has 1 aromatic rings. The highest BCUT2D eigenvalue weighted by molar-refractivity contribution is 7.80. The van der Waals surface area contributed by atoms with Crippen LogP contribution in [0.3, 0.4) is 0 Å². The summed E-state index contributed by atoms with van der Waals surface area (Å²) in [4.78, 5) is 2.66. The second-order valence-corrected chi connectivity index (χ2v) is 5.50. The van der Waals surface area contributed by atoms with Gasteiger partial charge in [0.1, 0.15) is 5.82 Å². The summed E-state index contributed by atoms with van der Waals surface area (Å²) >= 11 is 4.97. The van der Waals surface area contributed by atoms with Crippen molar-refractivity contribution in [1.29, 1.82) is 0 Å². The first-order chi connectivity index (χ1) is 8.01. The van der Waals surface area contributed by atoms with Gasteiger partial charge in [0.15, 0.2) is 0 Å². The summed E-state index contributed by atoms with van der Waals surface area (Å²) in [5.41, 5.74) is 6.74. The van der Waals surface area contributed by atoms with E-state index in [1.165, 1.54) is 6.07 Å². The lowest BCUT2D eigenvalue weighted by Gasteiger charge is -2.25. The molecule has 0 aromatic heterocycles. The van der Waals surface area contributed by atoms with Crippen molar-refractivity contribution in [1.82, 2.24) is 0 Å². The lowest BCUT2D eigenvalue weighted by atomic mass is 10.0. The minimum Gasteiger partial charge on any atom is -0.393 e. The number of thiocarbonyl (C=S) groups is 1. The average molecular weight is 252 g/mol. The Bertz CT molecular complexity index is 429. The molecule has 0 bridgehead atoms. The minimum absolute atomic E-state index is 0.200. The molecule has 2 N–H and O–H groups in total. The van der Waals surface area contributed by atoms with Crippen molar-refractivity contribution in [2.24, 2.45) is 11.1 Å². The SMILES string of the molecule is CN(CC1(CC(N)=S)CC1)c1cccc(F)c1. The summed E-state index contributed by atoms with van der Waals surface area (Å²) in [7, 11) is 1.98. The Balaban J connectivity index is 2.02. The molecule has 0 atom stereocenters. The van der Waals surface area contributed by atoms with Gasteiger partial charge in [-0.2, -0.15) is 0 Å². The van der Waals surface area contributed by atoms with E-state index in [0.29, 0.717) is 4.99 Å². The molecule has 0 saturated heterocycles. The van der Waals surface area contributed by atoms with Crippen LogP contribution in [0.4, 0.5) is 10.1 Å². The first-order valence-electron chi connectivity index (χ1n) is 5.76. The molecular formula is C13H17FN2S. The molecule has 0 amide bonds. The van der Waals surface area contributed by atoms with Gasteiger partial charge in [-0.25, -0.2) is 4.39 Å². The van der Waals surface area contributed by atoms with Crippen molar-refractivity contribution >= 4 is 22.9 Å². The molecule has 0 heterocycles.